The Kier molecular flexibility index (Phi) is 6.75. The van der Waals surface area contributed by atoms with Crippen LogP contribution in [0.15, 0.2) is 0 Å². The van der Waals surface area contributed by atoms with Crippen LogP contribution in [0.25, 0.3) is 0 Å². The Morgan fingerprint density at radius 1 is 1.28 bits per heavy atom. The minimum Gasteiger partial charge on any atom is -0.480 e. The van der Waals surface area contributed by atoms with Crippen LogP contribution < -0.4 is 10.6 Å². The van der Waals surface area contributed by atoms with Crippen molar-refractivity contribution in [1.29, 1.82) is 0 Å². The second-order valence-corrected chi connectivity index (χ2v) is 5.93. The van der Waals surface area contributed by atoms with E-state index in [2.05, 4.69) is 10.6 Å². The van der Waals surface area contributed by atoms with Gasteiger partial charge in [0.2, 0.25) is 11.8 Å². The molecule has 0 bridgehead atoms. The number of carboxylic acids is 1. The number of nitrogens with one attached hydrogen (secondary N) is 2. The lowest BCUT2D eigenvalue weighted by atomic mass is 10.1. The molecule has 0 spiro atoms. The molecule has 0 saturated heterocycles. The number of rotatable bonds is 6. The van der Waals surface area contributed by atoms with Gasteiger partial charge in [-0.05, 0) is 20.8 Å². The summed E-state index contributed by atoms with van der Waals surface area (Å²) in [5.41, 5.74) is -0.304. The van der Waals surface area contributed by atoms with Crippen LogP contribution in [0.3, 0.4) is 0 Å². The van der Waals surface area contributed by atoms with Crippen LogP contribution in [0.4, 0.5) is 0 Å². The third-order valence-corrected chi connectivity index (χ3v) is 2.74. The number of carbonyl (C=O) groups excluding carboxylic acids is 2. The normalized spacial score (nSPS) is 12.7. The fourth-order valence-corrected chi connectivity index (χ4v) is 1.98. The van der Waals surface area contributed by atoms with Crippen LogP contribution in [0, 0.1) is 0 Å². The Morgan fingerprint density at radius 3 is 2.22 bits per heavy atom. The van der Waals surface area contributed by atoms with E-state index in [1.807, 2.05) is 20.8 Å². The van der Waals surface area contributed by atoms with Crippen molar-refractivity contribution in [1.82, 2.24) is 10.6 Å². The minimum absolute atomic E-state index is 0.153. The van der Waals surface area contributed by atoms with Crippen molar-refractivity contribution in [3.63, 3.8) is 0 Å². The molecule has 1 atom stereocenters. The lowest BCUT2D eigenvalue weighted by Crippen LogP contribution is -2.43. The molecule has 18 heavy (non-hydrogen) atoms. The van der Waals surface area contributed by atoms with Gasteiger partial charge in [-0.2, -0.15) is 0 Å². The summed E-state index contributed by atoms with van der Waals surface area (Å²) in [4.78, 5) is 33.1. The van der Waals surface area contributed by atoms with Crippen LogP contribution >= 0.6 is 11.8 Å². The lowest BCUT2D eigenvalue weighted by Gasteiger charge is -2.20. The molecule has 0 fully saturated rings. The van der Waals surface area contributed by atoms with E-state index in [1.54, 1.807) is 0 Å². The third-order valence-electron chi connectivity index (χ3n) is 1.71. The smallest absolute Gasteiger partial charge is 0.327 e. The largest absolute Gasteiger partial charge is 0.480 e. The fourth-order valence-electron chi connectivity index (χ4n) is 1.14. The summed E-state index contributed by atoms with van der Waals surface area (Å²) in [5, 5.41) is 13.9. The summed E-state index contributed by atoms with van der Waals surface area (Å²) in [6.45, 7) is 6.86. The topological polar surface area (TPSA) is 95.5 Å². The first kappa shape index (κ1) is 16.8. The molecular weight excluding hydrogens is 256 g/mol. The molecule has 1 unspecified atom stereocenters. The third kappa shape index (κ3) is 8.86. The number of hydrogen-bond donors (Lipinski definition) is 3. The van der Waals surface area contributed by atoms with Crippen molar-refractivity contribution in [3.05, 3.63) is 0 Å². The van der Waals surface area contributed by atoms with Crippen molar-refractivity contribution < 1.29 is 19.5 Å². The van der Waals surface area contributed by atoms with Gasteiger partial charge in [0.1, 0.15) is 6.04 Å². The molecule has 0 aliphatic heterocycles. The summed E-state index contributed by atoms with van der Waals surface area (Å²) >= 11 is 1.17. The van der Waals surface area contributed by atoms with Crippen LogP contribution in [0.2, 0.25) is 0 Å². The first-order valence-electron chi connectivity index (χ1n) is 5.50. The number of carbonyl (C=O) groups is 3. The molecule has 7 heteroatoms. The molecule has 0 aliphatic rings. The number of carboxylic acid groups (broad SMARTS) is 1. The van der Waals surface area contributed by atoms with E-state index in [4.69, 9.17) is 5.11 Å². The highest BCUT2D eigenvalue weighted by Gasteiger charge is 2.19. The van der Waals surface area contributed by atoms with Crippen molar-refractivity contribution in [2.24, 2.45) is 0 Å². The van der Waals surface area contributed by atoms with E-state index >= 15 is 0 Å². The maximum atomic E-state index is 11.5. The van der Waals surface area contributed by atoms with Gasteiger partial charge in [-0.3, -0.25) is 9.59 Å². The van der Waals surface area contributed by atoms with Crippen LogP contribution in [0.5, 0.6) is 0 Å². The summed E-state index contributed by atoms with van der Waals surface area (Å²) in [5.74, 6) is -1.33. The fraction of sp³-hybridized carbons (Fsp3) is 0.727. The Labute approximate surface area is 111 Å². The molecule has 0 aromatic carbocycles. The van der Waals surface area contributed by atoms with Crippen molar-refractivity contribution in [2.75, 3.05) is 11.5 Å². The highest BCUT2D eigenvalue weighted by molar-refractivity contribution is 8.00. The molecule has 0 heterocycles. The molecule has 0 rings (SSSR count). The second kappa shape index (κ2) is 7.25. The van der Waals surface area contributed by atoms with Gasteiger partial charge in [0.25, 0.3) is 0 Å². The average Bonchev–Trinajstić information content (AvgIpc) is 2.12. The predicted molar refractivity (Wildman–Crippen MR) is 70.5 cm³/mol. The molecule has 0 radical (unpaired) electrons. The lowest BCUT2D eigenvalue weighted by molar-refractivity contribution is -0.140. The van der Waals surface area contributed by atoms with Gasteiger partial charge >= 0.3 is 5.97 Å². The number of aliphatic carboxylic acids is 1. The van der Waals surface area contributed by atoms with Crippen molar-refractivity contribution >= 4 is 29.5 Å². The van der Waals surface area contributed by atoms with Gasteiger partial charge in [-0.15, -0.1) is 11.8 Å². The Balaban J connectivity index is 4.03. The first-order chi connectivity index (χ1) is 8.11. The molecule has 0 aromatic heterocycles. The van der Waals surface area contributed by atoms with Gasteiger partial charge in [-0.1, -0.05) is 0 Å². The molecule has 0 aliphatic carbocycles. The van der Waals surface area contributed by atoms with Crippen LogP contribution in [0.1, 0.15) is 27.7 Å². The number of amides is 2. The maximum absolute atomic E-state index is 11.5. The van der Waals surface area contributed by atoms with E-state index < -0.39 is 17.9 Å². The van der Waals surface area contributed by atoms with Crippen molar-refractivity contribution in [3.8, 4) is 0 Å². The Morgan fingerprint density at radius 2 is 1.83 bits per heavy atom. The van der Waals surface area contributed by atoms with E-state index in [0.29, 0.717) is 0 Å². The summed E-state index contributed by atoms with van der Waals surface area (Å²) in [6.07, 6.45) is 0. The standard InChI is InChI=1S/C11H20N2O4S/c1-7(14)12-8(10(16)17)5-18-6-9(15)13-11(2,3)4/h8H,5-6H2,1-4H3,(H,12,14)(H,13,15)(H,16,17). The van der Waals surface area contributed by atoms with Gasteiger partial charge in [-0.25, -0.2) is 4.79 Å². The van der Waals surface area contributed by atoms with Gasteiger partial charge in [0.15, 0.2) is 0 Å². The van der Waals surface area contributed by atoms with Crippen LogP contribution in [-0.4, -0.2) is 46.0 Å². The van der Waals surface area contributed by atoms with Gasteiger partial charge in [0.05, 0.1) is 5.75 Å². The highest BCUT2D eigenvalue weighted by Crippen LogP contribution is 2.05. The summed E-state index contributed by atoms with van der Waals surface area (Å²) in [6, 6.07) is -0.963. The van der Waals surface area contributed by atoms with Crippen LogP contribution in [-0.2, 0) is 14.4 Å². The number of hydrogen-bond acceptors (Lipinski definition) is 4. The van der Waals surface area contributed by atoms with E-state index in [0.717, 1.165) is 0 Å². The predicted octanol–water partition coefficient (Wildman–Crippen LogP) is 0.224. The monoisotopic (exact) mass is 276 g/mol. The maximum Gasteiger partial charge on any atom is 0.327 e. The minimum atomic E-state index is -1.10. The molecule has 0 saturated carbocycles. The average molecular weight is 276 g/mol. The molecule has 2 amide bonds. The second-order valence-electron chi connectivity index (χ2n) is 4.90. The van der Waals surface area contributed by atoms with E-state index in [1.165, 1.54) is 18.7 Å². The first-order valence-corrected chi connectivity index (χ1v) is 6.66. The zero-order valence-corrected chi connectivity index (χ0v) is 11.9. The van der Waals surface area contributed by atoms with E-state index in [9.17, 15) is 14.4 Å². The van der Waals surface area contributed by atoms with Gasteiger partial charge < -0.3 is 15.7 Å². The number of thioether (sulfide) groups is 1. The van der Waals surface area contributed by atoms with Crippen molar-refractivity contribution in [2.45, 2.75) is 39.3 Å². The molecule has 3 N–H and O–H groups in total. The van der Waals surface area contributed by atoms with E-state index in [-0.39, 0.29) is 23.0 Å². The summed E-state index contributed by atoms with van der Waals surface area (Å²) in [7, 11) is 0. The molecule has 104 valence electrons. The quantitative estimate of drug-likeness (QED) is 0.645. The highest BCUT2D eigenvalue weighted by atomic mass is 32.2. The molecule has 0 aromatic rings. The summed E-state index contributed by atoms with van der Waals surface area (Å²) < 4.78 is 0. The molecular formula is C11H20N2O4S. The Bertz CT molecular complexity index is 325. The Hall–Kier alpha value is -1.24. The SMILES string of the molecule is CC(=O)NC(CSCC(=O)NC(C)(C)C)C(=O)O. The van der Waals surface area contributed by atoms with Gasteiger partial charge in [0, 0.05) is 18.2 Å². The zero-order chi connectivity index (χ0) is 14.3. The molecule has 6 nitrogen and oxygen atoms in total. The zero-order valence-electron chi connectivity index (χ0n) is 11.1.